The third-order valence-corrected chi connectivity index (χ3v) is 3.37. The Morgan fingerprint density at radius 1 is 1.08 bits per heavy atom. The van der Waals surface area contributed by atoms with Crippen molar-refractivity contribution in [1.29, 1.82) is 0 Å². The van der Waals surface area contributed by atoms with Crippen molar-refractivity contribution in [3.63, 3.8) is 0 Å². The van der Waals surface area contributed by atoms with E-state index in [0.717, 1.165) is 11.1 Å². The molecule has 0 aliphatic rings. The van der Waals surface area contributed by atoms with Crippen molar-refractivity contribution < 1.29 is 14.3 Å². The largest absolute Gasteiger partial charge is 0.497 e. The van der Waals surface area contributed by atoms with Crippen molar-refractivity contribution in [1.82, 2.24) is 5.32 Å². The average molecular weight is 324 g/mol. The summed E-state index contributed by atoms with van der Waals surface area (Å²) in [4.78, 5) is 24.0. The fourth-order valence-electron chi connectivity index (χ4n) is 2.15. The van der Waals surface area contributed by atoms with Gasteiger partial charge in [-0.2, -0.15) is 0 Å². The molecule has 0 aliphatic heterocycles. The van der Waals surface area contributed by atoms with Gasteiger partial charge in [0.1, 0.15) is 11.4 Å². The molecule has 2 amide bonds. The van der Waals surface area contributed by atoms with E-state index in [-0.39, 0.29) is 11.6 Å². The number of aryl methyl sites for hydroxylation is 1. The highest BCUT2D eigenvalue weighted by molar-refractivity contribution is 6.08. The van der Waals surface area contributed by atoms with Crippen LogP contribution in [-0.2, 0) is 9.59 Å². The third-order valence-electron chi connectivity index (χ3n) is 3.37. The predicted molar refractivity (Wildman–Crippen MR) is 94.6 cm³/mol. The smallest absolute Gasteiger partial charge is 0.272 e. The Balaban J connectivity index is 2.28. The fourth-order valence-corrected chi connectivity index (χ4v) is 2.15. The summed E-state index contributed by atoms with van der Waals surface area (Å²) < 4.78 is 5.14. The van der Waals surface area contributed by atoms with Gasteiger partial charge in [0.05, 0.1) is 7.11 Å². The van der Waals surface area contributed by atoms with E-state index in [2.05, 4.69) is 10.6 Å². The van der Waals surface area contributed by atoms with E-state index in [0.29, 0.717) is 11.4 Å². The maximum atomic E-state index is 12.5. The highest BCUT2D eigenvalue weighted by Crippen LogP contribution is 2.18. The van der Waals surface area contributed by atoms with Gasteiger partial charge in [0, 0.05) is 18.7 Å². The maximum absolute atomic E-state index is 12.5. The van der Waals surface area contributed by atoms with Crippen molar-refractivity contribution in [2.45, 2.75) is 13.8 Å². The van der Waals surface area contributed by atoms with Crippen molar-refractivity contribution >= 4 is 23.6 Å². The lowest BCUT2D eigenvalue weighted by Crippen LogP contribution is -2.29. The van der Waals surface area contributed by atoms with Gasteiger partial charge in [-0.25, -0.2) is 0 Å². The molecule has 0 atom stereocenters. The molecule has 2 rings (SSSR count). The second-order valence-corrected chi connectivity index (χ2v) is 5.28. The zero-order valence-electron chi connectivity index (χ0n) is 13.9. The first-order valence-corrected chi connectivity index (χ1v) is 7.50. The lowest BCUT2D eigenvalue weighted by molar-refractivity contribution is -0.120. The Morgan fingerprint density at radius 3 is 2.50 bits per heavy atom. The number of methoxy groups -OCH3 is 1. The molecule has 0 radical (unpaired) electrons. The van der Waals surface area contributed by atoms with Gasteiger partial charge in [-0.1, -0.05) is 30.3 Å². The molecule has 0 saturated heterocycles. The van der Waals surface area contributed by atoms with Gasteiger partial charge in [0.25, 0.3) is 5.91 Å². The van der Waals surface area contributed by atoms with Gasteiger partial charge < -0.3 is 15.4 Å². The Kier molecular flexibility index (Phi) is 5.73. The molecule has 0 spiro atoms. The highest BCUT2D eigenvalue weighted by atomic mass is 16.5. The van der Waals surface area contributed by atoms with E-state index < -0.39 is 5.91 Å². The minimum absolute atomic E-state index is 0.180. The van der Waals surface area contributed by atoms with Crippen molar-refractivity contribution in [3.05, 3.63) is 65.4 Å². The number of hydrogen-bond donors (Lipinski definition) is 2. The molecule has 2 aromatic rings. The summed E-state index contributed by atoms with van der Waals surface area (Å²) in [5, 5.41) is 5.34. The number of carbonyl (C=O) groups is 2. The van der Waals surface area contributed by atoms with E-state index in [1.54, 1.807) is 37.5 Å². The lowest BCUT2D eigenvalue weighted by Gasteiger charge is -2.11. The highest BCUT2D eigenvalue weighted by Gasteiger charge is 2.12. The van der Waals surface area contributed by atoms with E-state index in [4.69, 9.17) is 4.74 Å². The molecule has 0 bridgehead atoms. The van der Waals surface area contributed by atoms with E-state index in [9.17, 15) is 9.59 Å². The van der Waals surface area contributed by atoms with Crippen LogP contribution in [0.1, 0.15) is 18.1 Å². The molecule has 0 unspecified atom stereocenters. The maximum Gasteiger partial charge on any atom is 0.272 e. The summed E-state index contributed by atoms with van der Waals surface area (Å²) in [7, 11) is 1.56. The van der Waals surface area contributed by atoms with Crippen LogP contribution in [0.2, 0.25) is 0 Å². The Morgan fingerprint density at radius 2 is 1.83 bits per heavy atom. The van der Waals surface area contributed by atoms with Crippen LogP contribution >= 0.6 is 0 Å². The Hall–Kier alpha value is -3.08. The van der Waals surface area contributed by atoms with Crippen molar-refractivity contribution in [2.24, 2.45) is 0 Å². The number of benzene rings is 2. The molecule has 0 aromatic heterocycles. The number of ether oxygens (including phenoxy) is 1. The molecule has 5 heteroatoms. The number of amides is 2. The van der Waals surface area contributed by atoms with Crippen LogP contribution in [-0.4, -0.2) is 18.9 Å². The normalized spacial score (nSPS) is 10.9. The second-order valence-electron chi connectivity index (χ2n) is 5.28. The average Bonchev–Trinajstić information content (AvgIpc) is 2.56. The summed E-state index contributed by atoms with van der Waals surface area (Å²) >= 11 is 0. The molecule has 2 aromatic carbocycles. The van der Waals surface area contributed by atoms with Crippen LogP contribution in [0.5, 0.6) is 5.75 Å². The minimum atomic E-state index is -0.401. The zero-order valence-corrected chi connectivity index (χ0v) is 13.9. The third kappa shape index (κ3) is 4.71. The predicted octanol–water partition coefficient (Wildman–Crippen LogP) is 3.12. The number of carbonyl (C=O) groups excluding carboxylic acids is 2. The fraction of sp³-hybridized carbons (Fsp3) is 0.158. The summed E-state index contributed by atoms with van der Waals surface area (Å²) in [6, 6.07) is 14.6. The summed E-state index contributed by atoms with van der Waals surface area (Å²) in [5.41, 5.74) is 2.64. The van der Waals surface area contributed by atoms with Crippen LogP contribution < -0.4 is 15.4 Å². The number of nitrogens with one attached hydrogen (secondary N) is 2. The van der Waals surface area contributed by atoms with Crippen LogP contribution in [0.15, 0.2) is 54.2 Å². The standard InChI is InChI=1S/C19H20N2O3/c1-13-7-4-5-8-15(13)11-18(20-14(2)22)19(23)21-16-9-6-10-17(12-16)24-3/h4-12H,1-3H3,(H,20,22)(H,21,23)/b18-11+. The molecule has 0 fully saturated rings. The molecular weight excluding hydrogens is 304 g/mol. The first-order valence-electron chi connectivity index (χ1n) is 7.50. The van der Waals surface area contributed by atoms with Crippen LogP contribution in [0.25, 0.3) is 6.08 Å². The van der Waals surface area contributed by atoms with Gasteiger partial charge in [-0.05, 0) is 36.3 Å². The summed E-state index contributed by atoms with van der Waals surface area (Å²) in [5.74, 6) is -0.0749. The van der Waals surface area contributed by atoms with E-state index in [1.165, 1.54) is 6.92 Å². The summed E-state index contributed by atoms with van der Waals surface area (Å²) in [6.45, 7) is 3.31. The summed E-state index contributed by atoms with van der Waals surface area (Å²) in [6.07, 6.45) is 1.66. The van der Waals surface area contributed by atoms with Crippen molar-refractivity contribution in [2.75, 3.05) is 12.4 Å². The van der Waals surface area contributed by atoms with Gasteiger partial charge in [0.15, 0.2) is 0 Å². The van der Waals surface area contributed by atoms with Gasteiger partial charge >= 0.3 is 0 Å². The van der Waals surface area contributed by atoms with Gasteiger partial charge in [-0.15, -0.1) is 0 Å². The van der Waals surface area contributed by atoms with Crippen LogP contribution in [0.3, 0.4) is 0 Å². The monoisotopic (exact) mass is 324 g/mol. The Bertz CT molecular complexity index is 782. The van der Waals surface area contributed by atoms with Crippen LogP contribution in [0, 0.1) is 6.92 Å². The molecule has 5 nitrogen and oxygen atoms in total. The molecule has 0 heterocycles. The number of rotatable bonds is 5. The zero-order chi connectivity index (χ0) is 17.5. The molecule has 0 saturated carbocycles. The number of hydrogen-bond acceptors (Lipinski definition) is 3. The lowest BCUT2D eigenvalue weighted by atomic mass is 10.1. The number of anilines is 1. The molecule has 2 N–H and O–H groups in total. The first kappa shape index (κ1) is 17.3. The SMILES string of the molecule is COc1cccc(NC(=O)/C(=C\c2ccccc2C)NC(C)=O)c1. The second kappa shape index (κ2) is 7.97. The Labute approximate surface area is 141 Å². The topological polar surface area (TPSA) is 67.4 Å². The van der Waals surface area contributed by atoms with Gasteiger partial charge in [-0.3, -0.25) is 9.59 Å². The molecular formula is C19H20N2O3. The molecule has 24 heavy (non-hydrogen) atoms. The quantitative estimate of drug-likeness (QED) is 0.830. The van der Waals surface area contributed by atoms with Gasteiger partial charge in [0.2, 0.25) is 5.91 Å². The van der Waals surface area contributed by atoms with E-state index >= 15 is 0 Å². The minimum Gasteiger partial charge on any atom is -0.497 e. The van der Waals surface area contributed by atoms with Crippen molar-refractivity contribution in [3.8, 4) is 5.75 Å². The first-order chi connectivity index (χ1) is 11.5. The van der Waals surface area contributed by atoms with E-state index in [1.807, 2.05) is 31.2 Å². The molecule has 0 aliphatic carbocycles. The molecule has 124 valence electrons. The van der Waals surface area contributed by atoms with Crippen LogP contribution in [0.4, 0.5) is 5.69 Å².